The fraction of sp³-hybridized carbons (Fsp3) is 0.900. The number of rotatable bonds is 17. The normalized spacial score (nSPS) is 12.1. The molecular weight excluding hydrogens is 304 g/mol. The largest absolute Gasteiger partial charge is 0.481 e. The van der Waals surface area contributed by atoms with Crippen LogP contribution >= 0.6 is 0 Å². The zero-order chi connectivity index (χ0) is 18.0. The first-order valence-electron chi connectivity index (χ1n) is 9.91. The average Bonchev–Trinajstić information content (AvgIpc) is 2.57. The van der Waals surface area contributed by atoms with Gasteiger partial charge in [-0.3, -0.25) is 9.59 Å². The summed E-state index contributed by atoms with van der Waals surface area (Å²) in [4.78, 5) is 22.2. The Morgan fingerprint density at radius 1 is 0.792 bits per heavy atom. The van der Waals surface area contributed by atoms with Crippen molar-refractivity contribution in [1.82, 2.24) is 0 Å². The van der Waals surface area contributed by atoms with Crippen LogP contribution in [0.1, 0.15) is 103 Å². The lowest BCUT2D eigenvalue weighted by molar-refractivity contribution is -0.142. The highest BCUT2D eigenvalue weighted by Gasteiger charge is 2.16. The van der Waals surface area contributed by atoms with E-state index < -0.39 is 5.97 Å². The van der Waals surface area contributed by atoms with E-state index in [4.69, 9.17) is 0 Å². The molecule has 0 aliphatic carbocycles. The number of ether oxygens (including phenoxy) is 1. The van der Waals surface area contributed by atoms with E-state index in [1.165, 1.54) is 45.6 Å². The Morgan fingerprint density at radius 2 is 1.25 bits per heavy atom. The molecule has 0 bridgehead atoms. The first-order chi connectivity index (χ1) is 11.6. The zero-order valence-electron chi connectivity index (χ0n) is 15.9. The van der Waals surface area contributed by atoms with Gasteiger partial charge in [0.25, 0.3) is 0 Å². The second-order valence-corrected chi connectivity index (χ2v) is 6.83. The number of methoxy groups -OCH3 is 1. The van der Waals surface area contributed by atoms with Crippen molar-refractivity contribution in [3.05, 3.63) is 0 Å². The van der Waals surface area contributed by atoms with E-state index in [0.29, 0.717) is 6.42 Å². The van der Waals surface area contributed by atoms with Crippen LogP contribution in [-0.2, 0) is 14.3 Å². The molecule has 0 aliphatic heterocycles. The van der Waals surface area contributed by atoms with Gasteiger partial charge in [0.05, 0.1) is 13.0 Å². The third-order valence-electron chi connectivity index (χ3n) is 4.67. The highest BCUT2D eigenvalue weighted by molar-refractivity contribution is 5.69. The van der Waals surface area contributed by atoms with Crippen molar-refractivity contribution in [2.45, 2.75) is 103 Å². The maximum atomic E-state index is 11.3. The molecule has 0 amide bonds. The van der Waals surface area contributed by atoms with Crippen LogP contribution in [0.4, 0.5) is 0 Å². The van der Waals surface area contributed by atoms with Gasteiger partial charge in [0.2, 0.25) is 0 Å². The summed E-state index contributed by atoms with van der Waals surface area (Å²) in [5, 5.41) is 9.28. The fourth-order valence-corrected chi connectivity index (χ4v) is 3.03. The quantitative estimate of drug-likeness (QED) is 0.271. The molecule has 4 nitrogen and oxygen atoms in total. The molecule has 0 fully saturated rings. The van der Waals surface area contributed by atoms with Gasteiger partial charge in [-0.15, -0.1) is 0 Å². The Kier molecular flexibility index (Phi) is 16.0. The third kappa shape index (κ3) is 14.5. The lowest BCUT2D eigenvalue weighted by Gasteiger charge is -2.12. The number of hydrogen-bond acceptors (Lipinski definition) is 3. The lowest BCUT2D eigenvalue weighted by Crippen LogP contribution is -2.13. The van der Waals surface area contributed by atoms with Crippen molar-refractivity contribution >= 4 is 11.9 Å². The Labute approximate surface area is 148 Å². The van der Waals surface area contributed by atoms with Crippen molar-refractivity contribution in [1.29, 1.82) is 0 Å². The summed E-state index contributed by atoms with van der Waals surface area (Å²) in [7, 11) is 1.43. The summed E-state index contributed by atoms with van der Waals surface area (Å²) in [6.07, 6.45) is 15.8. The molecule has 0 spiro atoms. The predicted octanol–water partition coefficient (Wildman–Crippen LogP) is 5.73. The zero-order valence-corrected chi connectivity index (χ0v) is 15.9. The van der Waals surface area contributed by atoms with Crippen molar-refractivity contribution < 1.29 is 19.4 Å². The van der Waals surface area contributed by atoms with Gasteiger partial charge < -0.3 is 9.84 Å². The highest BCUT2D eigenvalue weighted by Crippen LogP contribution is 2.19. The molecule has 1 atom stereocenters. The second kappa shape index (κ2) is 16.8. The fourth-order valence-electron chi connectivity index (χ4n) is 3.03. The van der Waals surface area contributed by atoms with Crippen LogP contribution in [0.25, 0.3) is 0 Å². The number of hydrogen-bond donors (Lipinski definition) is 1. The van der Waals surface area contributed by atoms with Gasteiger partial charge >= 0.3 is 11.9 Å². The van der Waals surface area contributed by atoms with Crippen LogP contribution in [-0.4, -0.2) is 24.2 Å². The third-order valence-corrected chi connectivity index (χ3v) is 4.67. The van der Waals surface area contributed by atoms with Crippen LogP contribution in [0.2, 0.25) is 0 Å². The minimum atomic E-state index is -0.614. The van der Waals surface area contributed by atoms with Crippen LogP contribution in [0.3, 0.4) is 0 Å². The minimum absolute atomic E-state index is 0.113. The standard InChI is InChI=1S/C20H38O4/c1-3-4-5-12-15-18(20(22)23)16-13-10-8-6-7-9-11-14-17-19(21)24-2/h18H,3-17H2,1-2H3,(H,22,23). The Balaban J connectivity index is 3.45. The molecule has 0 aromatic carbocycles. The Bertz CT molecular complexity index is 315. The van der Waals surface area contributed by atoms with Gasteiger partial charge in [-0.1, -0.05) is 77.6 Å². The van der Waals surface area contributed by atoms with Gasteiger partial charge in [-0.25, -0.2) is 0 Å². The molecule has 0 aromatic heterocycles. The van der Waals surface area contributed by atoms with E-state index in [1.54, 1.807) is 0 Å². The minimum Gasteiger partial charge on any atom is -0.481 e. The number of carboxylic acid groups (broad SMARTS) is 1. The number of aliphatic carboxylic acids is 1. The monoisotopic (exact) mass is 342 g/mol. The smallest absolute Gasteiger partial charge is 0.306 e. The van der Waals surface area contributed by atoms with Gasteiger partial charge in [0.15, 0.2) is 0 Å². The summed E-state index contributed by atoms with van der Waals surface area (Å²) >= 11 is 0. The van der Waals surface area contributed by atoms with Crippen molar-refractivity contribution in [3.63, 3.8) is 0 Å². The summed E-state index contributed by atoms with van der Waals surface area (Å²) in [5.74, 6) is -0.866. The van der Waals surface area contributed by atoms with Crippen LogP contribution in [0, 0.1) is 5.92 Å². The van der Waals surface area contributed by atoms with E-state index in [2.05, 4.69) is 11.7 Å². The summed E-state index contributed by atoms with van der Waals surface area (Å²) < 4.78 is 4.61. The van der Waals surface area contributed by atoms with Crippen LogP contribution in [0.5, 0.6) is 0 Å². The molecular formula is C20H38O4. The molecule has 4 heteroatoms. The summed E-state index contributed by atoms with van der Waals surface area (Å²) in [6, 6.07) is 0. The Hall–Kier alpha value is -1.06. The number of esters is 1. The maximum Gasteiger partial charge on any atom is 0.306 e. The average molecular weight is 343 g/mol. The van der Waals surface area contributed by atoms with Gasteiger partial charge in [-0.2, -0.15) is 0 Å². The van der Waals surface area contributed by atoms with E-state index in [-0.39, 0.29) is 11.9 Å². The van der Waals surface area contributed by atoms with Gasteiger partial charge in [-0.05, 0) is 19.3 Å². The molecule has 0 rings (SSSR count). The van der Waals surface area contributed by atoms with E-state index in [0.717, 1.165) is 51.4 Å². The van der Waals surface area contributed by atoms with E-state index in [9.17, 15) is 14.7 Å². The molecule has 0 aromatic rings. The molecule has 24 heavy (non-hydrogen) atoms. The SMILES string of the molecule is CCCCCCC(CCCCCCCCCCC(=O)OC)C(=O)O. The molecule has 0 aliphatic rings. The van der Waals surface area contributed by atoms with Crippen molar-refractivity contribution in [2.75, 3.05) is 7.11 Å². The van der Waals surface area contributed by atoms with Crippen molar-refractivity contribution in [2.24, 2.45) is 5.92 Å². The van der Waals surface area contributed by atoms with Crippen LogP contribution in [0.15, 0.2) is 0 Å². The topological polar surface area (TPSA) is 63.6 Å². The predicted molar refractivity (Wildman–Crippen MR) is 98.1 cm³/mol. The summed E-state index contributed by atoms with van der Waals surface area (Å²) in [5.41, 5.74) is 0. The molecule has 1 N–H and O–H groups in total. The molecule has 0 heterocycles. The molecule has 0 saturated heterocycles. The molecule has 142 valence electrons. The first-order valence-corrected chi connectivity index (χ1v) is 9.91. The lowest BCUT2D eigenvalue weighted by atomic mass is 9.94. The molecule has 1 unspecified atom stereocenters. The number of unbranched alkanes of at least 4 members (excludes halogenated alkanes) is 10. The summed E-state index contributed by atoms with van der Waals surface area (Å²) in [6.45, 7) is 2.17. The first kappa shape index (κ1) is 22.9. The van der Waals surface area contributed by atoms with Crippen LogP contribution < -0.4 is 0 Å². The molecule has 0 radical (unpaired) electrons. The second-order valence-electron chi connectivity index (χ2n) is 6.83. The van der Waals surface area contributed by atoms with E-state index in [1.807, 2.05) is 0 Å². The number of carbonyl (C=O) groups is 2. The Morgan fingerprint density at radius 3 is 1.71 bits per heavy atom. The van der Waals surface area contributed by atoms with Gasteiger partial charge in [0.1, 0.15) is 0 Å². The van der Waals surface area contributed by atoms with Crippen molar-refractivity contribution in [3.8, 4) is 0 Å². The van der Waals surface area contributed by atoms with E-state index >= 15 is 0 Å². The highest BCUT2D eigenvalue weighted by atomic mass is 16.5. The number of carbonyl (C=O) groups excluding carboxylic acids is 1. The molecule has 0 saturated carbocycles. The van der Waals surface area contributed by atoms with Gasteiger partial charge in [0, 0.05) is 6.42 Å². The number of carboxylic acids is 1. The maximum absolute atomic E-state index is 11.3.